The van der Waals surface area contributed by atoms with Crippen LogP contribution in [0.2, 0.25) is 0 Å². The number of carbonyl (C=O) groups is 1. The summed E-state index contributed by atoms with van der Waals surface area (Å²) in [5.41, 5.74) is 6.22. The Morgan fingerprint density at radius 2 is 2.25 bits per heavy atom. The summed E-state index contributed by atoms with van der Waals surface area (Å²) < 4.78 is 13.4. The highest BCUT2D eigenvalue weighted by molar-refractivity contribution is 9.10. The van der Waals surface area contributed by atoms with Crippen molar-refractivity contribution >= 4 is 21.7 Å². The molecule has 0 aliphatic carbocycles. The number of nitrogens with two attached hydrogens (primary N) is 1. The Hall–Kier alpha value is -0.740. The van der Waals surface area contributed by atoms with E-state index < -0.39 is 0 Å². The zero-order chi connectivity index (χ0) is 12.1. The van der Waals surface area contributed by atoms with E-state index in [-0.39, 0.29) is 17.5 Å². The lowest BCUT2D eigenvalue weighted by Gasteiger charge is -2.09. The lowest BCUT2D eigenvalue weighted by atomic mass is 9.97. The summed E-state index contributed by atoms with van der Waals surface area (Å²) in [4.78, 5) is 11.7. The van der Waals surface area contributed by atoms with Crippen LogP contribution in [0, 0.1) is 11.7 Å². The second-order valence-corrected chi connectivity index (χ2v) is 4.72. The lowest BCUT2D eigenvalue weighted by Crippen LogP contribution is -2.17. The molecule has 2 N–H and O–H groups in total. The highest BCUT2D eigenvalue weighted by Gasteiger charge is 2.13. The Bertz CT molecular complexity index is 381. The molecule has 88 valence electrons. The van der Waals surface area contributed by atoms with E-state index in [0.717, 1.165) is 5.56 Å². The molecule has 0 amide bonds. The average molecular weight is 288 g/mol. The largest absolute Gasteiger partial charge is 0.330 e. The van der Waals surface area contributed by atoms with Crippen LogP contribution < -0.4 is 5.73 Å². The van der Waals surface area contributed by atoms with Gasteiger partial charge in [0.2, 0.25) is 0 Å². The third-order valence-electron chi connectivity index (χ3n) is 2.51. The van der Waals surface area contributed by atoms with Crippen molar-refractivity contribution in [3.05, 3.63) is 34.1 Å². The molecule has 0 aliphatic heterocycles. The smallest absolute Gasteiger partial charge is 0.140 e. The molecule has 1 atom stereocenters. The van der Waals surface area contributed by atoms with Gasteiger partial charge >= 0.3 is 0 Å². The molecule has 0 aliphatic rings. The van der Waals surface area contributed by atoms with E-state index >= 15 is 0 Å². The molecule has 1 unspecified atom stereocenters. The molecular formula is C12H15BrFNO. The minimum absolute atomic E-state index is 0.0335. The third-order valence-corrected chi connectivity index (χ3v) is 3.12. The number of hydrogen-bond acceptors (Lipinski definition) is 2. The standard InChI is InChI=1S/C12H15BrFNO/c1-8(4-5-15)12(16)7-9-2-3-11(14)10(13)6-9/h2-3,6,8H,4-5,7,15H2,1H3. The number of benzene rings is 1. The van der Waals surface area contributed by atoms with Gasteiger partial charge in [0.15, 0.2) is 0 Å². The number of halogens is 2. The van der Waals surface area contributed by atoms with Gasteiger partial charge in [-0.15, -0.1) is 0 Å². The number of Topliss-reactive ketones (excluding diaryl/α,β-unsaturated/α-hetero) is 1. The molecule has 1 aromatic rings. The van der Waals surface area contributed by atoms with Crippen molar-refractivity contribution in [2.75, 3.05) is 6.54 Å². The first-order chi connectivity index (χ1) is 7.54. The van der Waals surface area contributed by atoms with Gasteiger partial charge in [0.1, 0.15) is 11.6 Å². The van der Waals surface area contributed by atoms with Crippen molar-refractivity contribution in [1.29, 1.82) is 0 Å². The van der Waals surface area contributed by atoms with Crippen molar-refractivity contribution in [3.63, 3.8) is 0 Å². The molecule has 16 heavy (non-hydrogen) atoms. The fourth-order valence-electron chi connectivity index (χ4n) is 1.44. The van der Waals surface area contributed by atoms with Gasteiger partial charge in [0.25, 0.3) is 0 Å². The van der Waals surface area contributed by atoms with Gasteiger partial charge in [0.05, 0.1) is 4.47 Å². The average Bonchev–Trinajstić information content (AvgIpc) is 2.24. The Balaban J connectivity index is 2.66. The maximum atomic E-state index is 13.0. The van der Waals surface area contributed by atoms with Gasteiger partial charge in [-0.25, -0.2) is 4.39 Å². The topological polar surface area (TPSA) is 43.1 Å². The summed E-state index contributed by atoms with van der Waals surface area (Å²) in [6.07, 6.45) is 1.03. The number of ketones is 1. The Morgan fingerprint density at radius 3 is 2.81 bits per heavy atom. The lowest BCUT2D eigenvalue weighted by molar-refractivity contribution is -0.121. The first-order valence-corrected chi connectivity index (χ1v) is 6.00. The molecule has 0 heterocycles. The Kier molecular flexibility index (Phi) is 5.09. The van der Waals surface area contributed by atoms with Crippen LogP contribution in [-0.2, 0) is 11.2 Å². The van der Waals surface area contributed by atoms with Crippen LogP contribution in [0.3, 0.4) is 0 Å². The van der Waals surface area contributed by atoms with E-state index in [4.69, 9.17) is 5.73 Å². The zero-order valence-corrected chi connectivity index (χ0v) is 10.8. The van der Waals surface area contributed by atoms with Gasteiger partial charge in [-0.2, -0.15) is 0 Å². The van der Waals surface area contributed by atoms with E-state index in [9.17, 15) is 9.18 Å². The summed E-state index contributed by atoms with van der Waals surface area (Å²) in [6.45, 7) is 2.38. The van der Waals surface area contributed by atoms with Crippen molar-refractivity contribution in [2.45, 2.75) is 19.8 Å². The Labute approximate surface area is 103 Å². The summed E-state index contributed by atoms with van der Waals surface area (Å²) in [6, 6.07) is 4.63. The third kappa shape index (κ3) is 3.68. The van der Waals surface area contributed by atoms with Gasteiger partial charge in [-0.05, 0) is 46.6 Å². The highest BCUT2D eigenvalue weighted by Crippen LogP contribution is 2.18. The number of carbonyl (C=O) groups excluding carboxylic acids is 1. The second kappa shape index (κ2) is 6.11. The normalized spacial score (nSPS) is 12.5. The van der Waals surface area contributed by atoms with Crippen LogP contribution >= 0.6 is 15.9 Å². The van der Waals surface area contributed by atoms with Crippen LogP contribution in [0.5, 0.6) is 0 Å². The van der Waals surface area contributed by atoms with E-state index in [1.807, 2.05) is 6.92 Å². The quantitative estimate of drug-likeness (QED) is 0.905. The molecule has 0 aromatic heterocycles. The fraction of sp³-hybridized carbons (Fsp3) is 0.417. The van der Waals surface area contributed by atoms with Crippen LogP contribution in [0.25, 0.3) is 0 Å². The Morgan fingerprint density at radius 1 is 1.56 bits per heavy atom. The predicted octanol–water partition coefficient (Wildman–Crippen LogP) is 2.68. The van der Waals surface area contributed by atoms with Gasteiger partial charge < -0.3 is 5.73 Å². The molecule has 1 aromatic carbocycles. The van der Waals surface area contributed by atoms with Crippen molar-refractivity contribution in [2.24, 2.45) is 11.7 Å². The molecule has 2 nitrogen and oxygen atoms in total. The van der Waals surface area contributed by atoms with Gasteiger partial charge in [-0.1, -0.05) is 13.0 Å². The van der Waals surface area contributed by atoms with Crippen LogP contribution in [0.4, 0.5) is 4.39 Å². The van der Waals surface area contributed by atoms with E-state index in [2.05, 4.69) is 15.9 Å². The first kappa shape index (κ1) is 13.3. The first-order valence-electron chi connectivity index (χ1n) is 5.21. The second-order valence-electron chi connectivity index (χ2n) is 3.87. The molecule has 0 radical (unpaired) electrons. The predicted molar refractivity (Wildman–Crippen MR) is 65.6 cm³/mol. The minimum Gasteiger partial charge on any atom is -0.330 e. The van der Waals surface area contributed by atoms with Gasteiger partial charge in [0, 0.05) is 12.3 Å². The fourth-order valence-corrected chi connectivity index (χ4v) is 1.86. The molecule has 0 saturated carbocycles. The maximum absolute atomic E-state index is 13.0. The monoisotopic (exact) mass is 287 g/mol. The highest BCUT2D eigenvalue weighted by atomic mass is 79.9. The molecule has 0 spiro atoms. The van der Waals surface area contributed by atoms with E-state index in [1.165, 1.54) is 6.07 Å². The minimum atomic E-state index is -0.314. The number of hydrogen-bond donors (Lipinski definition) is 1. The maximum Gasteiger partial charge on any atom is 0.140 e. The van der Waals surface area contributed by atoms with Crippen LogP contribution in [0.1, 0.15) is 18.9 Å². The molecule has 0 fully saturated rings. The van der Waals surface area contributed by atoms with Crippen molar-refractivity contribution in [3.8, 4) is 0 Å². The molecule has 1 rings (SSSR count). The van der Waals surface area contributed by atoms with Gasteiger partial charge in [-0.3, -0.25) is 4.79 Å². The van der Waals surface area contributed by atoms with E-state index in [1.54, 1.807) is 12.1 Å². The SMILES string of the molecule is CC(CCN)C(=O)Cc1ccc(F)c(Br)c1. The summed E-state index contributed by atoms with van der Waals surface area (Å²) >= 11 is 3.10. The zero-order valence-electron chi connectivity index (χ0n) is 9.17. The number of rotatable bonds is 5. The van der Waals surface area contributed by atoms with Crippen molar-refractivity contribution in [1.82, 2.24) is 0 Å². The van der Waals surface area contributed by atoms with Crippen molar-refractivity contribution < 1.29 is 9.18 Å². The molecular weight excluding hydrogens is 273 g/mol. The van der Waals surface area contributed by atoms with Crippen LogP contribution in [0.15, 0.2) is 22.7 Å². The van der Waals surface area contributed by atoms with E-state index in [0.29, 0.717) is 23.9 Å². The molecule has 4 heteroatoms. The summed E-state index contributed by atoms with van der Waals surface area (Å²) in [5, 5.41) is 0. The summed E-state index contributed by atoms with van der Waals surface area (Å²) in [7, 11) is 0. The summed E-state index contributed by atoms with van der Waals surface area (Å²) in [5.74, 6) is -0.205. The van der Waals surface area contributed by atoms with Crippen LogP contribution in [-0.4, -0.2) is 12.3 Å². The molecule has 0 saturated heterocycles. The molecule has 0 bridgehead atoms.